The summed E-state index contributed by atoms with van der Waals surface area (Å²) < 4.78 is 22.1. The Morgan fingerprint density at radius 1 is 0.919 bits per heavy atom. The van der Waals surface area contributed by atoms with Gasteiger partial charge in [0, 0.05) is 6.42 Å². The molecule has 188 valence electrons. The van der Waals surface area contributed by atoms with Crippen molar-refractivity contribution in [3.05, 3.63) is 83.7 Å². The van der Waals surface area contributed by atoms with E-state index < -0.39 is 23.6 Å². The SMILES string of the molecule is COc1cc(OC)nc(-c2nnc([C@@]3(Cc4ccccc4)OC(=O)N([C@H](C)c4ccccc4)C3=O)o2)n1. The van der Waals surface area contributed by atoms with Gasteiger partial charge in [-0.3, -0.25) is 4.79 Å². The lowest BCUT2D eigenvalue weighted by atomic mass is 9.92. The Kier molecular flexibility index (Phi) is 6.26. The lowest BCUT2D eigenvalue weighted by Gasteiger charge is -2.23. The quantitative estimate of drug-likeness (QED) is 0.352. The van der Waals surface area contributed by atoms with Crippen molar-refractivity contribution in [3.8, 4) is 23.5 Å². The highest BCUT2D eigenvalue weighted by Crippen LogP contribution is 2.41. The molecule has 0 saturated carbocycles. The summed E-state index contributed by atoms with van der Waals surface area (Å²) in [6, 6.07) is 19.2. The molecule has 1 aliphatic rings. The molecule has 11 heteroatoms. The molecule has 2 aromatic heterocycles. The Labute approximate surface area is 212 Å². The van der Waals surface area contributed by atoms with Crippen LogP contribution in [0, 0.1) is 0 Å². The van der Waals surface area contributed by atoms with Crippen molar-refractivity contribution in [3.63, 3.8) is 0 Å². The van der Waals surface area contributed by atoms with Crippen LogP contribution in [0.15, 0.2) is 71.1 Å². The molecule has 1 fully saturated rings. The predicted molar refractivity (Wildman–Crippen MR) is 128 cm³/mol. The zero-order valence-electron chi connectivity index (χ0n) is 20.3. The zero-order chi connectivity index (χ0) is 26.0. The van der Waals surface area contributed by atoms with Crippen LogP contribution in [0.3, 0.4) is 0 Å². The number of rotatable bonds is 8. The van der Waals surface area contributed by atoms with E-state index in [0.717, 1.165) is 16.0 Å². The number of aromatic nitrogens is 4. The maximum Gasteiger partial charge on any atom is 0.418 e. The van der Waals surface area contributed by atoms with Crippen LogP contribution >= 0.6 is 0 Å². The van der Waals surface area contributed by atoms with E-state index in [1.54, 1.807) is 6.92 Å². The fraction of sp³-hybridized carbons (Fsp3) is 0.231. The highest BCUT2D eigenvalue weighted by atomic mass is 16.6. The molecule has 3 heterocycles. The van der Waals surface area contributed by atoms with Crippen molar-refractivity contribution in [2.45, 2.75) is 25.0 Å². The number of benzene rings is 2. The van der Waals surface area contributed by atoms with Crippen LogP contribution in [0.1, 0.15) is 30.0 Å². The van der Waals surface area contributed by atoms with Crippen LogP contribution in [0.2, 0.25) is 0 Å². The summed E-state index contributed by atoms with van der Waals surface area (Å²) in [5.41, 5.74) is -0.376. The molecular formula is C26H23N5O6. The van der Waals surface area contributed by atoms with Gasteiger partial charge < -0.3 is 18.6 Å². The first-order valence-corrected chi connectivity index (χ1v) is 11.4. The Morgan fingerprint density at radius 3 is 2.16 bits per heavy atom. The van der Waals surface area contributed by atoms with Crippen molar-refractivity contribution in [1.29, 1.82) is 0 Å². The van der Waals surface area contributed by atoms with Gasteiger partial charge in [-0.2, -0.15) is 9.97 Å². The average molecular weight is 501 g/mol. The summed E-state index contributed by atoms with van der Waals surface area (Å²) in [5, 5.41) is 8.14. The van der Waals surface area contributed by atoms with Gasteiger partial charge in [0.15, 0.2) is 0 Å². The maximum atomic E-state index is 14.0. The van der Waals surface area contributed by atoms with Gasteiger partial charge in [0.05, 0.1) is 26.3 Å². The van der Waals surface area contributed by atoms with E-state index in [4.69, 9.17) is 18.6 Å². The molecule has 1 saturated heterocycles. The van der Waals surface area contributed by atoms with Crippen LogP contribution in [0.4, 0.5) is 4.79 Å². The first kappa shape index (κ1) is 23.9. The number of carbonyl (C=O) groups excluding carboxylic acids is 2. The lowest BCUT2D eigenvalue weighted by Crippen LogP contribution is -2.41. The van der Waals surface area contributed by atoms with Crippen molar-refractivity contribution in [2.75, 3.05) is 14.2 Å². The molecule has 0 N–H and O–H groups in total. The number of cyclic esters (lactones) is 1. The van der Waals surface area contributed by atoms with E-state index in [-0.39, 0.29) is 35.8 Å². The van der Waals surface area contributed by atoms with Crippen LogP contribution < -0.4 is 9.47 Å². The molecule has 0 aliphatic carbocycles. The fourth-order valence-electron chi connectivity index (χ4n) is 4.13. The maximum absolute atomic E-state index is 14.0. The Hall–Kier alpha value is -4.80. The van der Waals surface area contributed by atoms with E-state index >= 15 is 0 Å². The zero-order valence-corrected chi connectivity index (χ0v) is 20.3. The largest absolute Gasteiger partial charge is 0.481 e. The minimum absolute atomic E-state index is 0.0135. The van der Waals surface area contributed by atoms with E-state index in [0.29, 0.717) is 0 Å². The molecule has 0 bridgehead atoms. The second-order valence-electron chi connectivity index (χ2n) is 8.31. The normalized spacial score (nSPS) is 18.0. The van der Waals surface area contributed by atoms with Gasteiger partial charge in [-0.25, -0.2) is 9.69 Å². The number of hydrogen-bond donors (Lipinski definition) is 0. The lowest BCUT2D eigenvalue weighted by molar-refractivity contribution is -0.140. The molecule has 5 rings (SSSR count). The van der Waals surface area contributed by atoms with Gasteiger partial charge in [-0.05, 0) is 18.1 Å². The summed E-state index contributed by atoms with van der Waals surface area (Å²) in [4.78, 5) is 36.7. The van der Waals surface area contributed by atoms with Gasteiger partial charge in [0.25, 0.3) is 23.3 Å². The van der Waals surface area contributed by atoms with Crippen LogP contribution in [0.25, 0.3) is 11.7 Å². The molecule has 2 aromatic carbocycles. The Balaban J connectivity index is 1.58. The molecule has 2 amide bonds. The van der Waals surface area contributed by atoms with E-state index in [2.05, 4.69) is 20.2 Å². The monoisotopic (exact) mass is 501 g/mol. The molecule has 11 nitrogen and oxygen atoms in total. The third-order valence-corrected chi connectivity index (χ3v) is 6.05. The van der Waals surface area contributed by atoms with Crippen molar-refractivity contribution in [2.24, 2.45) is 0 Å². The average Bonchev–Trinajstić information content (AvgIpc) is 3.53. The summed E-state index contributed by atoms with van der Waals surface area (Å²) >= 11 is 0. The van der Waals surface area contributed by atoms with Crippen LogP contribution in [-0.4, -0.2) is 51.3 Å². The van der Waals surface area contributed by atoms with Gasteiger partial charge in [-0.1, -0.05) is 60.7 Å². The van der Waals surface area contributed by atoms with E-state index in [1.807, 2.05) is 60.7 Å². The van der Waals surface area contributed by atoms with Crippen LogP contribution in [-0.2, 0) is 21.6 Å². The number of carbonyl (C=O) groups is 2. The first-order valence-electron chi connectivity index (χ1n) is 11.4. The second kappa shape index (κ2) is 9.69. The molecule has 2 atom stereocenters. The smallest absolute Gasteiger partial charge is 0.418 e. The molecule has 37 heavy (non-hydrogen) atoms. The minimum atomic E-state index is -1.88. The topological polar surface area (TPSA) is 130 Å². The summed E-state index contributed by atoms with van der Waals surface area (Å²) in [6.07, 6.45) is -0.822. The number of amides is 2. The molecule has 1 aliphatic heterocycles. The van der Waals surface area contributed by atoms with Gasteiger partial charge in [-0.15, -0.1) is 10.2 Å². The fourth-order valence-corrected chi connectivity index (χ4v) is 4.13. The molecule has 0 unspecified atom stereocenters. The van der Waals surface area contributed by atoms with E-state index in [9.17, 15) is 9.59 Å². The summed E-state index contributed by atoms with van der Waals surface area (Å²) in [6.45, 7) is 1.75. The Morgan fingerprint density at radius 2 is 1.54 bits per heavy atom. The second-order valence-corrected chi connectivity index (χ2v) is 8.31. The number of imide groups is 1. The van der Waals surface area contributed by atoms with Crippen molar-refractivity contribution >= 4 is 12.0 Å². The number of methoxy groups -OCH3 is 2. The Bertz CT molecular complexity index is 1410. The molecular weight excluding hydrogens is 478 g/mol. The molecule has 0 radical (unpaired) electrons. The van der Waals surface area contributed by atoms with Crippen molar-refractivity contribution < 1.29 is 28.2 Å². The van der Waals surface area contributed by atoms with Crippen LogP contribution in [0.5, 0.6) is 11.8 Å². The molecule has 4 aromatic rings. The van der Waals surface area contributed by atoms with Gasteiger partial charge >= 0.3 is 6.09 Å². The van der Waals surface area contributed by atoms with Crippen molar-refractivity contribution in [1.82, 2.24) is 25.1 Å². The third-order valence-electron chi connectivity index (χ3n) is 6.05. The number of ether oxygens (including phenoxy) is 3. The number of hydrogen-bond acceptors (Lipinski definition) is 10. The van der Waals surface area contributed by atoms with E-state index in [1.165, 1.54) is 20.3 Å². The highest BCUT2D eigenvalue weighted by Gasteiger charge is 2.60. The minimum Gasteiger partial charge on any atom is -0.481 e. The molecule has 0 spiro atoms. The predicted octanol–water partition coefficient (Wildman–Crippen LogP) is 3.72. The summed E-state index contributed by atoms with van der Waals surface area (Å²) in [5.74, 6) is -0.456. The summed E-state index contributed by atoms with van der Waals surface area (Å²) in [7, 11) is 2.89. The highest BCUT2D eigenvalue weighted by molar-refractivity contribution is 6.03. The van der Waals surface area contributed by atoms with Gasteiger partial charge in [0.1, 0.15) is 0 Å². The first-order chi connectivity index (χ1) is 17.9. The van der Waals surface area contributed by atoms with Gasteiger partial charge in [0.2, 0.25) is 17.6 Å². The number of nitrogens with zero attached hydrogens (tertiary/aromatic N) is 5. The third kappa shape index (κ3) is 4.35. The standard InChI is InChI=1S/C26H23N5O6/c1-16(18-12-8-5-9-13-18)31-24(32)26(37-25(31)33,15-17-10-6-4-7-11-17)23-30-29-22(36-23)21-27-19(34-2)14-20(28-21)35-3/h4-14,16H,15H2,1-3H3/t16-,26-/m1/s1.